The van der Waals surface area contributed by atoms with Crippen LogP contribution in [0, 0.1) is 0 Å². The van der Waals surface area contributed by atoms with Crippen molar-refractivity contribution in [3.05, 3.63) is 169 Å². The fraction of sp³-hybridized carbons (Fsp3) is 0.0417. The van der Waals surface area contributed by atoms with Gasteiger partial charge in [0.15, 0.2) is 23.0 Å². The molecule has 11 nitrogen and oxygen atoms in total. The van der Waals surface area contributed by atoms with Crippen LogP contribution in [0.25, 0.3) is 61.0 Å². The number of phenolic OH excluding ortho intramolecular Hbond substituents is 4. The van der Waals surface area contributed by atoms with E-state index < -0.39 is 46.7 Å². The molecule has 2 atom stereocenters. The van der Waals surface area contributed by atoms with Crippen molar-refractivity contribution < 1.29 is 40.9 Å². The van der Waals surface area contributed by atoms with Gasteiger partial charge >= 0.3 is 0 Å². The average Bonchev–Trinajstić information content (AvgIpc) is 3.81. The molecule has 1 aliphatic rings. The largest absolute Gasteiger partial charge is 0.506 e. The van der Waals surface area contributed by atoms with Crippen molar-refractivity contribution >= 4 is 55.5 Å². The number of para-hydroxylation sites is 3. The Labute approximate surface area is 335 Å². The predicted octanol–water partition coefficient (Wildman–Crippen LogP) is 9.88. The van der Waals surface area contributed by atoms with Crippen LogP contribution in [-0.4, -0.2) is 56.1 Å². The highest BCUT2D eigenvalue weighted by Crippen LogP contribution is 2.55. The number of hydrogen-bond acceptors (Lipinski definition) is 9. The molecule has 10 rings (SSSR count). The second-order valence-corrected chi connectivity index (χ2v) is 14.5. The van der Waals surface area contributed by atoms with Crippen LogP contribution >= 0.6 is 0 Å². The molecule has 0 bridgehead atoms. The van der Waals surface area contributed by atoms with Crippen molar-refractivity contribution in [1.29, 1.82) is 0 Å². The number of aromatic nitrogens is 2. The summed E-state index contributed by atoms with van der Waals surface area (Å²) in [4.78, 5) is 2.21. The molecule has 2 unspecified atom stereocenters. The Morgan fingerprint density at radius 3 is 1.68 bits per heavy atom. The Morgan fingerprint density at radius 1 is 0.441 bits per heavy atom. The van der Waals surface area contributed by atoms with Crippen LogP contribution in [0.3, 0.4) is 0 Å². The lowest BCUT2D eigenvalue weighted by atomic mass is 9.92. The lowest BCUT2D eigenvalue weighted by molar-refractivity contribution is 0.0130. The molecule has 2 heterocycles. The van der Waals surface area contributed by atoms with E-state index in [1.165, 1.54) is 4.57 Å². The number of aliphatic hydroxyl groups excluding tert-OH is 4. The molecule has 0 aliphatic heterocycles. The number of aliphatic hydroxyl groups is 4. The zero-order chi connectivity index (χ0) is 40.7. The van der Waals surface area contributed by atoms with Crippen molar-refractivity contribution in [2.75, 3.05) is 4.90 Å². The lowest BCUT2D eigenvalue weighted by Gasteiger charge is -2.25. The average molecular weight is 782 g/mol. The molecule has 0 amide bonds. The van der Waals surface area contributed by atoms with E-state index in [1.807, 2.05) is 72.8 Å². The number of fused-ring (bicyclic) bond motifs is 6. The maximum absolute atomic E-state index is 11.2. The molecule has 11 heteroatoms. The second kappa shape index (κ2) is 13.4. The third-order valence-electron chi connectivity index (χ3n) is 11.2. The minimum Gasteiger partial charge on any atom is -0.506 e. The highest BCUT2D eigenvalue weighted by Gasteiger charge is 2.41. The Kier molecular flexibility index (Phi) is 8.06. The maximum atomic E-state index is 11.2. The molecule has 59 heavy (non-hydrogen) atoms. The molecule has 290 valence electrons. The first kappa shape index (κ1) is 35.5. The molecular weight excluding hydrogens is 747 g/mol. The van der Waals surface area contributed by atoms with E-state index in [0.29, 0.717) is 5.69 Å². The molecule has 0 saturated heterocycles. The summed E-state index contributed by atoms with van der Waals surface area (Å²) in [6, 6.07) is 50.1. The zero-order valence-electron chi connectivity index (χ0n) is 31.0. The van der Waals surface area contributed by atoms with Crippen molar-refractivity contribution in [3.8, 4) is 45.5 Å². The number of nitrogens with zero attached hydrogens (tertiary/aromatic N) is 3. The van der Waals surface area contributed by atoms with E-state index in [4.69, 9.17) is 0 Å². The van der Waals surface area contributed by atoms with Gasteiger partial charge in [0.1, 0.15) is 17.7 Å². The third kappa shape index (κ3) is 5.29. The van der Waals surface area contributed by atoms with Crippen LogP contribution in [-0.2, 0) is 0 Å². The Morgan fingerprint density at radius 2 is 1.00 bits per heavy atom. The summed E-state index contributed by atoms with van der Waals surface area (Å²) in [6.45, 7) is 0. The van der Waals surface area contributed by atoms with Crippen molar-refractivity contribution in [1.82, 2.24) is 9.13 Å². The number of anilines is 3. The molecule has 1 aliphatic carbocycles. The van der Waals surface area contributed by atoms with Gasteiger partial charge in [-0.25, -0.2) is 0 Å². The molecular formula is C48H35N3O8. The smallest absolute Gasteiger partial charge is 0.206 e. The highest BCUT2D eigenvalue weighted by atomic mass is 16.4. The van der Waals surface area contributed by atoms with E-state index in [-0.39, 0.29) is 27.8 Å². The minimum atomic E-state index is -1.98. The van der Waals surface area contributed by atoms with Crippen LogP contribution in [0.5, 0.6) is 23.0 Å². The molecule has 0 saturated carbocycles. The van der Waals surface area contributed by atoms with Crippen LogP contribution in [0.15, 0.2) is 157 Å². The normalized spacial score (nSPS) is 15.3. The first-order valence-electron chi connectivity index (χ1n) is 18.8. The van der Waals surface area contributed by atoms with E-state index in [9.17, 15) is 40.9 Å². The highest BCUT2D eigenvalue weighted by molar-refractivity contribution is 6.10. The Balaban J connectivity index is 1.11. The molecule has 0 fully saturated rings. The molecule has 9 aromatic rings. The summed E-state index contributed by atoms with van der Waals surface area (Å²) in [5.74, 6) is -5.64. The summed E-state index contributed by atoms with van der Waals surface area (Å²) in [5, 5.41) is 88.5. The van der Waals surface area contributed by atoms with E-state index >= 15 is 0 Å². The van der Waals surface area contributed by atoms with Gasteiger partial charge in [-0.3, -0.25) is 0 Å². The van der Waals surface area contributed by atoms with E-state index in [0.717, 1.165) is 50.0 Å². The first-order valence-corrected chi connectivity index (χ1v) is 18.8. The van der Waals surface area contributed by atoms with Gasteiger partial charge in [-0.2, -0.15) is 0 Å². The van der Waals surface area contributed by atoms with Crippen molar-refractivity contribution in [3.63, 3.8) is 0 Å². The number of benzene rings is 7. The molecule has 8 N–H and O–H groups in total. The Bertz CT molecular complexity index is 3120. The summed E-state index contributed by atoms with van der Waals surface area (Å²) in [6.07, 6.45) is -3.87. The van der Waals surface area contributed by atoms with Gasteiger partial charge in [-0.05, 0) is 83.9 Å². The zero-order valence-corrected chi connectivity index (χ0v) is 31.0. The van der Waals surface area contributed by atoms with Crippen LogP contribution in [0.4, 0.5) is 17.1 Å². The lowest BCUT2D eigenvalue weighted by Crippen LogP contribution is -2.27. The fourth-order valence-corrected chi connectivity index (χ4v) is 8.46. The van der Waals surface area contributed by atoms with Gasteiger partial charge in [0.2, 0.25) is 11.5 Å². The standard InChI is InChI=1S/C48H35N3O8/c52-41-37-38-40(44(55)48(59)46(57)42(38)53)51(39(37)43(54)47(58)45(41)56)32-15-9-14-31(25-32)50-35-17-8-7-16-33(35)34-24-27(20-23-36(34)50)26-18-21-30(22-19-26)49(28-10-3-1-4-11-28)29-12-5-2-6-13-29/h1-25,41,45,52-59H. The van der Waals surface area contributed by atoms with Crippen LogP contribution < -0.4 is 4.90 Å². The second-order valence-electron chi connectivity index (χ2n) is 14.5. The van der Waals surface area contributed by atoms with E-state index in [1.54, 1.807) is 18.2 Å². The predicted molar refractivity (Wildman–Crippen MR) is 228 cm³/mol. The summed E-state index contributed by atoms with van der Waals surface area (Å²) < 4.78 is 3.30. The van der Waals surface area contributed by atoms with Crippen molar-refractivity contribution in [2.24, 2.45) is 0 Å². The monoisotopic (exact) mass is 781 g/mol. The summed E-state index contributed by atoms with van der Waals surface area (Å²) in [5.41, 5.74) is 7.01. The summed E-state index contributed by atoms with van der Waals surface area (Å²) in [7, 11) is 0. The number of hydrogen-bond donors (Lipinski definition) is 8. The fourth-order valence-electron chi connectivity index (χ4n) is 8.46. The summed E-state index contributed by atoms with van der Waals surface area (Å²) >= 11 is 0. The topological polar surface area (TPSA) is 175 Å². The number of phenols is 4. The van der Waals surface area contributed by atoms with Gasteiger partial charge in [-0.1, -0.05) is 78.9 Å². The molecule has 0 spiro atoms. The molecule has 0 radical (unpaired) electrons. The van der Waals surface area contributed by atoms with Gasteiger partial charge < -0.3 is 54.9 Å². The van der Waals surface area contributed by atoms with Gasteiger partial charge in [0.05, 0.1) is 22.1 Å². The van der Waals surface area contributed by atoms with Crippen LogP contribution in [0.1, 0.15) is 17.4 Å². The van der Waals surface area contributed by atoms with Crippen LogP contribution in [0.2, 0.25) is 0 Å². The number of rotatable bonds is 6. The Hall–Kier alpha value is -7.86. The maximum Gasteiger partial charge on any atom is 0.206 e. The third-order valence-corrected chi connectivity index (χ3v) is 11.2. The molecule has 7 aromatic carbocycles. The quantitative estimate of drug-likeness (QED) is 0.0603. The minimum absolute atomic E-state index is 0.267. The number of aromatic hydroxyl groups is 4. The van der Waals surface area contributed by atoms with Gasteiger partial charge in [0, 0.05) is 44.8 Å². The van der Waals surface area contributed by atoms with Gasteiger partial charge in [-0.15, -0.1) is 0 Å². The van der Waals surface area contributed by atoms with Gasteiger partial charge in [0.25, 0.3) is 0 Å². The molecule has 2 aromatic heterocycles. The van der Waals surface area contributed by atoms with E-state index in [2.05, 4.69) is 70.1 Å². The SMILES string of the molecule is OC1=C(O)C(O)C(O)c2c1n(-c1cccc(-n3c4ccccc4c4cc(-c5ccc(N(c6ccccc6)c6ccccc6)cc5)ccc43)c1)c1c(O)c(O)c(O)c(O)c21. The van der Waals surface area contributed by atoms with Crippen molar-refractivity contribution in [2.45, 2.75) is 12.2 Å². The first-order chi connectivity index (χ1) is 28.6.